The summed E-state index contributed by atoms with van der Waals surface area (Å²) in [6.07, 6.45) is 3.75. The first kappa shape index (κ1) is 11.6. The first-order valence-corrected chi connectivity index (χ1v) is 6.64. The largest absolute Gasteiger partial charge is 0.254 e. The third-order valence-corrected chi connectivity index (χ3v) is 3.43. The van der Waals surface area contributed by atoms with E-state index in [0.29, 0.717) is 5.88 Å². The first-order chi connectivity index (χ1) is 7.79. The second-order valence-electron chi connectivity index (χ2n) is 3.65. The highest BCUT2D eigenvalue weighted by molar-refractivity contribution is 7.13. The maximum atomic E-state index is 5.66. The fourth-order valence-electron chi connectivity index (χ4n) is 1.44. The van der Waals surface area contributed by atoms with Gasteiger partial charge in [0.15, 0.2) is 0 Å². The predicted octanol–water partition coefficient (Wildman–Crippen LogP) is 3.68. The number of nitrogens with zero attached hydrogens (tertiary/aromatic N) is 2. The van der Waals surface area contributed by atoms with Gasteiger partial charge in [-0.2, -0.15) is 0 Å². The summed E-state index contributed by atoms with van der Waals surface area (Å²) >= 11 is 7.30. The summed E-state index contributed by atoms with van der Waals surface area (Å²) in [5.41, 5.74) is 3.29. The number of hydrogen-bond acceptors (Lipinski definition) is 3. The number of hydrogen-bond donors (Lipinski definition) is 0. The molecule has 0 amide bonds. The topological polar surface area (TPSA) is 25.8 Å². The van der Waals surface area contributed by atoms with E-state index in [1.165, 1.54) is 5.56 Å². The van der Waals surface area contributed by atoms with Gasteiger partial charge in [0.05, 0.1) is 11.4 Å². The summed E-state index contributed by atoms with van der Waals surface area (Å²) in [4.78, 5) is 8.88. The molecule has 4 heteroatoms. The fourth-order valence-corrected chi connectivity index (χ4v) is 2.39. The van der Waals surface area contributed by atoms with Gasteiger partial charge in [-0.05, 0) is 37.5 Å². The lowest BCUT2D eigenvalue weighted by molar-refractivity contribution is 0.899. The number of thiazole rings is 1. The van der Waals surface area contributed by atoms with Crippen LogP contribution in [0.3, 0.4) is 0 Å². The lowest BCUT2D eigenvalue weighted by Crippen LogP contribution is -1.88. The third kappa shape index (κ3) is 2.80. The van der Waals surface area contributed by atoms with Crippen molar-refractivity contribution in [3.63, 3.8) is 0 Å². The van der Waals surface area contributed by atoms with Crippen LogP contribution in [0, 0.1) is 6.92 Å². The van der Waals surface area contributed by atoms with Gasteiger partial charge in [0.1, 0.15) is 5.01 Å². The standard InChI is InChI=1S/C12H13ClN2S/c1-9-4-6-14-11(7-9)12-15-10(8-16-12)3-2-5-13/h4,6-8H,2-3,5H2,1H3. The van der Waals surface area contributed by atoms with E-state index >= 15 is 0 Å². The van der Waals surface area contributed by atoms with Crippen molar-refractivity contribution in [2.24, 2.45) is 0 Å². The number of rotatable bonds is 4. The molecule has 0 saturated heterocycles. The number of aryl methyl sites for hydroxylation is 2. The van der Waals surface area contributed by atoms with Crippen LogP contribution in [0.2, 0.25) is 0 Å². The molecule has 2 rings (SSSR count). The van der Waals surface area contributed by atoms with Gasteiger partial charge in [0, 0.05) is 17.5 Å². The summed E-state index contributed by atoms with van der Waals surface area (Å²) < 4.78 is 0. The van der Waals surface area contributed by atoms with Gasteiger partial charge in [-0.1, -0.05) is 0 Å². The molecule has 0 aliphatic carbocycles. The highest BCUT2D eigenvalue weighted by atomic mass is 35.5. The molecule has 0 bridgehead atoms. The van der Waals surface area contributed by atoms with E-state index in [1.807, 2.05) is 12.3 Å². The van der Waals surface area contributed by atoms with E-state index in [2.05, 4.69) is 28.3 Å². The van der Waals surface area contributed by atoms with E-state index in [4.69, 9.17) is 11.6 Å². The van der Waals surface area contributed by atoms with Gasteiger partial charge in [-0.3, -0.25) is 4.98 Å². The minimum atomic E-state index is 0.690. The molecule has 0 fully saturated rings. The molecule has 16 heavy (non-hydrogen) atoms. The zero-order valence-electron chi connectivity index (χ0n) is 9.11. The molecular formula is C12H13ClN2S. The van der Waals surface area contributed by atoms with Crippen LogP contribution in [-0.2, 0) is 6.42 Å². The zero-order valence-corrected chi connectivity index (χ0v) is 10.7. The van der Waals surface area contributed by atoms with Crippen molar-refractivity contribution in [3.05, 3.63) is 35.0 Å². The summed E-state index contributed by atoms with van der Waals surface area (Å²) in [5.74, 6) is 0.690. The molecule has 0 aliphatic heterocycles. The van der Waals surface area contributed by atoms with Crippen molar-refractivity contribution in [1.29, 1.82) is 0 Å². The molecule has 0 unspecified atom stereocenters. The van der Waals surface area contributed by atoms with Crippen molar-refractivity contribution in [2.45, 2.75) is 19.8 Å². The number of pyridine rings is 1. The highest BCUT2D eigenvalue weighted by Gasteiger charge is 2.05. The number of halogens is 1. The Labute approximate surface area is 104 Å². The second-order valence-corrected chi connectivity index (χ2v) is 4.89. The molecule has 2 aromatic rings. The molecule has 0 aromatic carbocycles. The van der Waals surface area contributed by atoms with E-state index in [-0.39, 0.29) is 0 Å². The van der Waals surface area contributed by atoms with Crippen LogP contribution >= 0.6 is 22.9 Å². The molecule has 0 aliphatic rings. The van der Waals surface area contributed by atoms with Crippen molar-refractivity contribution in [2.75, 3.05) is 5.88 Å². The number of aromatic nitrogens is 2. The van der Waals surface area contributed by atoms with Crippen LogP contribution in [-0.4, -0.2) is 15.8 Å². The van der Waals surface area contributed by atoms with Crippen LogP contribution in [0.5, 0.6) is 0 Å². The van der Waals surface area contributed by atoms with E-state index in [1.54, 1.807) is 11.3 Å². The Hall–Kier alpha value is -0.930. The molecule has 2 aromatic heterocycles. The molecule has 84 valence electrons. The summed E-state index contributed by atoms with van der Waals surface area (Å²) in [6.45, 7) is 2.06. The van der Waals surface area contributed by atoms with Gasteiger partial charge >= 0.3 is 0 Å². The van der Waals surface area contributed by atoms with E-state index < -0.39 is 0 Å². The minimum absolute atomic E-state index is 0.690. The zero-order chi connectivity index (χ0) is 11.4. The maximum Gasteiger partial charge on any atom is 0.142 e. The second kappa shape index (κ2) is 5.41. The molecule has 0 saturated carbocycles. The summed E-state index contributed by atoms with van der Waals surface area (Å²) in [6, 6.07) is 4.05. The van der Waals surface area contributed by atoms with Crippen molar-refractivity contribution in [1.82, 2.24) is 9.97 Å². The Bertz CT molecular complexity index is 468. The van der Waals surface area contributed by atoms with Gasteiger partial charge in [-0.25, -0.2) is 4.98 Å². The van der Waals surface area contributed by atoms with Crippen LogP contribution in [0.4, 0.5) is 0 Å². The average molecular weight is 253 g/mol. The van der Waals surface area contributed by atoms with Crippen molar-refractivity contribution in [3.8, 4) is 10.7 Å². The van der Waals surface area contributed by atoms with Crippen LogP contribution in [0.15, 0.2) is 23.7 Å². The Kier molecular flexibility index (Phi) is 3.91. The first-order valence-electron chi connectivity index (χ1n) is 5.23. The van der Waals surface area contributed by atoms with Crippen LogP contribution < -0.4 is 0 Å². The van der Waals surface area contributed by atoms with Gasteiger partial charge in [0.25, 0.3) is 0 Å². The normalized spacial score (nSPS) is 10.6. The molecule has 2 nitrogen and oxygen atoms in total. The molecule has 2 heterocycles. The van der Waals surface area contributed by atoms with Gasteiger partial charge in [0.2, 0.25) is 0 Å². The lowest BCUT2D eigenvalue weighted by atomic mass is 10.2. The quantitative estimate of drug-likeness (QED) is 0.776. The van der Waals surface area contributed by atoms with Crippen molar-refractivity contribution >= 4 is 22.9 Å². The Morgan fingerprint density at radius 3 is 3.06 bits per heavy atom. The maximum absolute atomic E-state index is 5.66. The van der Waals surface area contributed by atoms with Crippen LogP contribution in [0.25, 0.3) is 10.7 Å². The minimum Gasteiger partial charge on any atom is -0.254 e. The number of alkyl halides is 1. The molecule has 0 N–H and O–H groups in total. The van der Waals surface area contributed by atoms with Gasteiger partial charge in [-0.15, -0.1) is 22.9 Å². The predicted molar refractivity (Wildman–Crippen MR) is 69.1 cm³/mol. The average Bonchev–Trinajstić information content (AvgIpc) is 2.75. The van der Waals surface area contributed by atoms with Gasteiger partial charge < -0.3 is 0 Å². The molecule has 0 spiro atoms. The SMILES string of the molecule is Cc1ccnc(-c2nc(CCCCl)cs2)c1. The Balaban J connectivity index is 2.18. The smallest absolute Gasteiger partial charge is 0.142 e. The van der Waals surface area contributed by atoms with Crippen molar-refractivity contribution < 1.29 is 0 Å². The Morgan fingerprint density at radius 2 is 2.31 bits per heavy atom. The fraction of sp³-hybridized carbons (Fsp3) is 0.333. The van der Waals surface area contributed by atoms with Crippen LogP contribution in [0.1, 0.15) is 17.7 Å². The summed E-state index contributed by atoms with van der Waals surface area (Å²) in [5, 5.41) is 3.08. The monoisotopic (exact) mass is 252 g/mol. The molecular weight excluding hydrogens is 240 g/mol. The highest BCUT2D eigenvalue weighted by Crippen LogP contribution is 2.22. The third-order valence-electron chi connectivity index (χ3n) is 2.25. The lowest BCUT2D eigenvalue weighted by Gasteiger charge is -1.96. The van der Waals surface area contributed by atoms with E-state index in [9.17, 15) is 0 Å². The molecule has 0 atom stereocenters. The van der Waals surface area contributed by atoms with E-state index in [0.717, 1.165) is 29.2 Å². The summed E-state index contributed by atoms with van der Waals surface area (Å²) in [7, 11) is 0. The molecule has 0 radical (unpaired) electrons. The Morgan fingerprint density at radius 1 is 1.44 bits per heavy atom.